The summed E-state index contributed by atoms with van der Waals surface area (Å²) in [4.78, 5) is 22.3. The molecule has 1 fully saturated rings. The van der Waals surface area contributed by atoms with E-state index in [-0.39, 0.29) is 18.4 Å². The normalized spacial score (nSPS) is 24.5. The Morgan fingerprint density at radius 2 is 1.86 bits per heavy atom. The number of hydrogen-bond donors (Lipinski definition) is 2. The van der Waals surface area contributed by atoms with E-state index in [4.69, 9.17) is 0 Å². The maximum Gasteiger partial charge on any atom is 0.471 e. The number of aryl methyl sites for hydroxylation is 1. The van der Waals surface area contributed by atoms with Crippen molar-refractivity contribution in [3.63, 3.8) is 0 Å². The highest BCUT2D eigenvalue weighted by atomic mass is 19.4. The summed E-state index contributed by atoms with van der Waals surface area (Å²) in [7, 11) is 0. The van der Waals surface area contributed by atoms with Crippen LogP contribution in [0.4, 0.5) is 17.6 Å². The molecule has 0 aliphatic heterocycles. The van der Waals surface area contributed by atoms with E-state index in [0.29, 0.717) is 5.56 Å². The van der Waals surface area contributed by atoms with Crippen LogP contribution in [0.1, 0.15) is 24.0 Å². The number of hydrogen-bond acceptors (Lipinski definition) is 2. The largest absolute Gasteiger partial charge is 0.481 e. The Hall–Kier alpha value is -2.12. The average Bonchev–Trinajstić information content (AvgIpc) is 2.29. The second kappa shape index (κ2) is 5.26. The summed E-state index contributed by atoms with van der Waals surface area (Å²) in [6, 6.07) is 2.86. The first-order valence-corrected chi connectivity index (χ1v) is 6.43. The van der Waals surface area contributed by atoms with Gasteiger partial charge in [0.05, 0.1) is 5.41 Å². The van der Waals surface area contributed by atoms with Gasteiger partial charge in [0.25, 0.3) is 0 Å². The molecule has 4 nitrogen and oxygen atoms in total. The molecular formula is C14H13F4NO3. The topological polar surface area (TPSA) is 66.4 Å². The first-order chi connectivity index (χ1) is 10.0. The summed E-state index contributed by atoms with van der Waals surface area (Å²) in [5, 5.41) is 11.1. The molecule has 0 saturated heterocycles. The predicted octanol–water partition coefficient (Wildman–Crippen LogP) is 2.30. The van der Waals surface area contributed by atoms with Gasteiger partial charge in [0.15, 0.2) is 0 Å². The Morgan fingerprint density at radius 1 is 1.27 bits per heavy atom. The van der Waals surface area contributed by atoms with Gasteiger partial charge in [-0.1, -0.05) is 6.07 Å². The van der Waals surface area contributed by atoms with Gasteiger partial charge in [0.1, 0.15) is 5.82 Å². The lowest BCUT2D eigenvalue weighted by Crippen LogP contribution is -2.58. The number of nitrogens with one attached hydrogen (secondary N) is 1. The van der Waals surface area contributed by atoms with Gasteiger partial charge in [-0.05, 0) is 43.0 Å². The van der Waals surface area contributed by atoms with Crippen LogP contribution < -0.4 is 5.32 Å². The fourth-order valence-electron chi connectivity index (χ4n) is 2.70. The van der Waals surface area contributed by atoms with Crippen LogP contribution in [0.3, 0.4) is 0 Å². The van der Waals surface area contributed by atoms with Gasteiger partial charge in [-0.3, -0.25) is 9.59 Å². The molecule has 1 aromatic carbocycles. The molecule has 0 radical (unpaired) electrons. The summed E-state index contributed by atoms with van der Waals surface area (Å²) >= 11 is 0. The van der Waals surface area contributed by atoms with Crippen molar-refractivity contribution >= 4 is 11.9 Å². The second-order valence-corrected chi connectivity index (χ2v) is 5.48. The van der Waals surface area contributed by atoms with Crippen LogP contribution in [0.2, 0.25) is 0 Å². The van der Waals surface area contributed by atoms with Gasteiger partial charge >= 0.3 is 18.1 Å². The van der Waals surface area contributed by atoms with Crippen molar-refractivity contribution in [2.75, 3.05) is 0 Å². The molecule has 8 heteroatoms. The maximum atomic E-state index is 13.4. The van der Waals surface area contributed by atoms with Crippen molar-refractivity contribution in [1.29, 1.82) is 0 Å². The van der Waals surface area contributed by atoms with E-state index < -0.39 is 35.3 Å². The Bertz CT molecular complexity index is 601. The molecule has 22 heavy (non-hydrogen) atoms. The third-order valence-corrected chi connectivity index (χ3v) is 3.79. The number of alkyl halides is 3. The standard InChI is InChI=1S/C14H13F4NO3/c1-7-2-8(4-9(15)3-7)13(12(21)22)5-10(6-13)19-11(20)14(16,17)18/h2-4,10H,5-6H2,1H3,(H,19,20)(H,21,22). The summed E-state index contributed by atoms with van der Waals surface area (Å²) in [6.07, 6.45) is -5.45. The van der Waals surface area contributed by atoms with Crippen molar-refractivity contribution in [2.45, 2.75) is 37.4 Å². The highest BCUT2D eigenvalue weighted by Gasteiger charge is 2.54. The summed E-state index contributed by atoms with van der Waals surface area (Å²) < 4.78 is 50.0. The van der Waals surface area contributed by atoms with Crippen LogP contribution in [0.25, 0.3) is 0 Å². The molecule has 0 heterocycles. The Labute approximate surface area is 123 Å². The molecule has 1 aromatic rings. The van der Waals surface area contributed by atoms with Crippen LogP contribution >= 0.6 is 0 Å². The van der Waals surface area contributed by atoms with Gasteiger partial charge in [0, 0.05) is 6.04 Å². The fraction of sp³-hybridized carbons (Fsp3) is 0.429. The highest BCUT2D eigenvalue weighted by Crippen LogP contribution is 2.45. The van der Waals surface area contributed by atoms with Crippen molar-refractivity contribution in [1.82, 2.24) is 5.32 Å². The first-order valence-electron chi connectivity index (χ1n) is 6.43. The summed E-state index contributed by atoms with van der Waals surface area (Å²) in [5.41, 5.74) is -0.774. The van der Waals surface area contributed by atoms with Gasteiger partial charge in [-0.15, -0.1) is 0 Å². The fourth-order valence-corrected chi connectivity index (χ4v) is 2.70. The van der Waals surface area contributed by atoms with Crippen LogP contribution in [0.15, 0.2) is 18.2 Å². The van der Waals surface area contributed by atoms with Crippen LogP contribution in [0, 0.1) is 12.7 Å². The third-order valence-electron chi connectivity index (χ3n) is 3.79. The molecule has 2 rings (SSSR count). The van der Waals surface area contributed by atoms with Crippen molar-refractivity contribution in [3.05, 3.63) is 35.1 Å². The molecule has 0 spiro atoms. The third kappa shape index (κ3) is 2.90. The molecule has 0 bridgehead atoms. The number of rotatable bonds is 3. The van der Waals surface area contributed by atoms with Gasteiger partial charge < -0.3 is 10.4 Å². The summed E-state index contributed by atoms with van der Waals surface area (Å²) in [6.45, 7) is 1.59. The monoisotopic (exact) mass is 319 g/mol. The lowest BCUT2D eigenvalue weighted by Gasteiger charge is -2.45. The molecule has 0 aromatic heterocycles. The Morgan fingerprint density at radius 3 is 2.32 bits per heavy atom. The first kappa shape index (κ1) is 16.3. The average molecular weight is 319 g/mol. The molecule has 0 unspecified atom stereocenters. The van der Waals surface area contributed by atoms with E-state index in [9.17, 15) is 32.3 Å². The van der Waals surface area contributed by atoms with Crippen LogP contribution in [0.5, 0.6) is 0 Å². The molecule has 1 aliphatic rings. The van der Waals surface area contributed by atoms with E-state index in [2.05, 4.69) is 0 Å². The zero-order valence-electron chi connectivity index (χ0n) is 11.5. The minimum atomic E-state index is -5.02. The zero-order chi connectivity index (χ0) is 16.7. The molecule has 120 valence electrons. The predicted molar refractivity (Wildman–Crippen MR) is 67.7 cm³/mol. The van der Waals surface area contributed by atoms with Crippen LogP contribution in [-0.2, 0) is 15.0 Å². The minimum absolute atomic E-state index is 0.190. The highest BCUT2D eigenvalue weighted by molar-refractivity contribution is 5.85. The molecule has 2 N–H and O–H groups in total. The van der Waals surface area contributed by atoms with E-state index in [1.54, 1.807) is 12.2 Å². The number of amides is 1. The van der Waals surface area contributed by atoms with Gasteiger partial charge in [0.2, 0.25) is 0 Å². The molecule has 1 saturated carbocycles. The molecule has 1 amide bonds. The van der Waals surface area contributed by atoms with Crippen molar-refractivity contribution in [2.24, 2.45) is 0 Å². The van der Waals surface area contributed by atoms with E-state index in [1.807, 2.05) is 0 Å². The minimum Gasteiger partial charge on any atom is -0.481 e. The number of carbonyl (C=O) groups is 2. The van der Waals surface area contributed by atoms with E-state index in [0.717, 1.165) is 6.07 Å². The maximum absolute atomic E-state index is 13.4. The Balaban J connectivity index is 2.18. The molecular weight excluding hydrogens is 306 g/mol. The van der Waals surface area contributed by atoms with Gasteiger partial charge in [-0.2, -0.15) is 13.2 Å². The van der Waals surface area contributed by atoms with Gasteiger partial charge in [-0.25, -0.2) is 4.39 Å². The number of carbonyl (C=O) groups excluding carboxylic acids is 1. The summed E-state index contributed by atoms with van der Waals surface area (Å²) in [5.74, 6) is -3.97. The second-order valence-electron chi connectivity index (χ2n) is 5.48. The number of aliphatic carboxylic acids is 1. The van der Waals surface area contributed by atoms with Crippen LogP contribution in [-0.4, -0.2) is 29.2 Å². The van der Waals surface area contributed by atoms with Crippen molar-refractivity contribution < 1.29 is 32.3 Å². The number of halogens is 4. The Kier molecular flexibility index (Phi) is 3.88. The van der Waals surface area contributed by atoms with Crippen molar-refractivity contribution in [3.8, 4) is 0 Å². The lowest BCUT2D eigenvalue weighted by molar-refractivity contribution is -0.176. The van der Waals surface area contributed by atoms with E-state index >= 15 is 0 Å². The lowest BCUT2D eigenvalue weighted by atomic mass is 9.61. The number of carboxylic acids is 1. The smallest absolute Gasteiger partial charge is 0.471 e. The molecule has 1 aliphatic carbocycles. The molecule has 0 atom stereocenters. The SMILES string of the molecule is Cc1cc(F)cc(C2(C(=O)O)CC(NC(=O)C(F)(F)F)C2)c1. The zero-order valence-corrected chi connectivity index (χ0v) is 11.5. The van der Waals surface area contributed by atoms with E-state index in [1.165, 1.54) is 12.1 Å². The number of carboxylic acid groups (broad SMARTS) is 1. The quantitative estimate of drug-likeness (QED) is 0.840. The number of benzene rings is 1.